The van der Waals surface area contributed by atoms with Crippen LogP contribution in [0.25, 0.3) is 0 Å². The molecular formula is C9H13N5. The molecule has 5 heteroatoms. The van der Waals surface area contributed by atoms with Crippen LogP contribution in [-0.4, -0.2) is 25.4 Å². The van der Waals surface area contributed by atoms with E-state index in [2.05, 4.69) is 25.4 Å². The second-order valence-corrected chi connectivity index (χ2v) is 1.72. The highest BCUT2D eigenvalue weighted by Gasteiger charge is 1.60. The summed E-state index contributed by atoms with van der Waals surface area (Å²) in [5, 5.41) is 10.1. The van der Waals surface area contributed by atoms with Crippen molar-refractivity contribution in [3.05, 3.63) is 43.2 Å². The first-order valence-electron chi connectivity index (χ1n) is 4.28. The lowest BCUT2D eigenvalue weighted by molar-refractivity contribution is 0.865. The molecule has 5 nitrogen and oxygen atoms in total. The van der Waals surface area contributed by atoms with Crippen molar-refractivity contribution in [3.63, 3.8) is 0 Å². The van der Waals surface area contributed by atoms with Gasteiger partial charge in [-0.2, -0.15) is 0 Å². The van der Waals surface area contributed by atoms with Gasteiger partial charge in [-0.05, 0) is 17.3 Å². The van der Waals surface area contributed by atoms with Gasteiger partial charge in [0.25, 0.3) is 0 Å². The summed E-state index contributed by atoms with van der Waals surface area (Å²) in [5.74, 6) is 0. The van der Waals surface area contributed by atoms with Crippen molar-refractivity contribution in [2.75, 3.05) is 0 Å². The van der Waals surface area contributed by atoms with E-state index in [0.717, 1.165) is 0 Å². The van der Waals surface area contributed by atoms with E-state index >= 15 is 0 Å². The molecule has 74 valence electrons. The normalized spacial score (nSPS) is 7.29. The average Bonchev–Trinajstić information content (AvgIpc) is 2.37. The fourth-order valence-electron chi connectivity index (χ4n) is 0.458. The quantitative estimate of drug-likeness (QED) is 0.629. The van der Waals surface area contributed by atoms with Crippen molar-refractivity contribution >= 4 is 0 Å². The van der Waals surface area contributed by atoms with Gasteiger partial charge in [0.05, 0.1) is 12.4 Å². The number of hydrogen-bond donors (Lipinski definition) is 0. The van der Waals surface area contributed by atoms with Crippen molar-refractivity contribution in [3.8, 4) is 0 Å². The van der Waals surface area contributed by atoms with Gasteiger partial charge in [0, 0.05) is 12.4 Å². The first-order valence-corrected chi connectivity index (χ1v) is 4.28. The topological polar surface area (TPSA) is 64.5 Å². The van der Waals surface area contributed by atoms with Crippen LogP contribution >= 0.6 is 0 Å². The van der Waals surface area contributed by atoms with Crippen LogP contribution in [0.5, 0.6) is 0 Å². The molecule has 0 unspecified atom stereocenters. The number of aromatic nitrogens is 5. The fourth-order valence-corrected chi connectivity index (χ4v) is 0.458. The average molecular weight is 191 g/mol. The highest BCUT2D eigenvalue weighted by atomic mass is 15.3. The molecule has 0 spiro atoms. The highest BCUT2D eigenvalue weighted by Crippen LogP contribution is 1.66. The maximum Gasteiger partial charge on any atom is 0.115 e. The van der Waals surface area contributed by atoms with Gasteiger partial charge in [0.2, 0.25) is 0 Å². The third-order valence-electron chi connectivity index (χ3n) is 0.886. The third kappa shape index (κ3) is 8.19. The molecule has 2 heterocycles. The molecule has 0 aliphatic heterocycles. The summed E-state index contributed by atoms with van der Waals surface area (Å²) < 4.78 is 0. The highest BCUT2D eigenvalue weighted by molar-refractivity contribution is 4.74. The summed E-state index contributed by atoms with van der Waals surface area (Å²) in [7, 11) is 0. The van der Waals surface area contributed by atoms with Crippen LogP contribution in [0.3, 0.4) is 0 Å². The molecule has 0 N–H and O–H groups in total. The predicted molar refractivity (Wildman–Crippen MR) is 53.2 cm³/mol. The minimum Gasteiger partial charge on any atom is -0.245 e. The maximum absolute atomic E-state index is 3.67. The van der Waals surface area contributed by atoms with E-state index in [1.807, 2.05) is 13.8 Å². The second-order valence-electron chi connectivity index (χ2n) is 1.72. The van der Waals surface area contributed by atoms with E-state index in [-0.39, 0.29) is 0 Å². The molecule has 0 bridgehead atoms. The third-order valence-corrected chi connectivity index (χ3v) is 0.886. The molecular weight excluding hydrogens is 178 g/mol. The molecule has 0 fully saturated rings. The molecule has 0 aliphatic carbocycles. The van der Waals surface area contributed by atoms with Crippen molar-refractivity contribution in [1.29, 1.82) is 0 Å². The monoisotopic (exact) mass is 191 g/mol. The predicted octanol–water partition coefficient (Wildman–Crippen LogP) is 1.37. The van der Waals surface area contributed by atoms with Crippen molar-refractivity contribution in [2.24, 2.45) is 0 Å². The van der Waals surface area contributed by atoms with E-state index in [1.165, 1.54) is 6.33 Å². The Balaban J connectivity index is 0.000000206. The molecule has 2 aromatic heterocycles. The number of nitrogens with zero attached hydrogens (tertiary/aromatic N) is 5. The largest absolute Gasteiger partial charge is 0.245 e. The van der Waals surface area contributed by atoms with E-state index in [0.29, 0.717) is 0 Å². The lowest BCUT2D eigenvalue weighted by Gasteiger charge is -1.70. The minimum absolute atomic E-state index is 1.50. The van der Waals surface area contributed by atoms with E-state index in [1.54, 1.807) is 36.9 Å². The van der Waals surface area contributed by atoms with Gasteiger partial charge in [0.15, 0.2) is 0 Å². The van der Waals surface area contributed by atoms with Gasteiger partial charge in [-0.1, -0.05) is 13.8 Å². The Bertz CT molecular complexity index is 189. The zero-order valence-electron chi connectivity index (χ0n) is 8.28. The van der Waals surface area contributed by atoms with Gasteiger partial charge in [-0.15, -0.1) is 10.2 Å². The molecule has 0 saturated carbocycles. The van der Waals surface area contributed by atoms with Crippen molar-refractivity contribution in [1.82, 2.24) is 25.4 Å². The smallest absolute Gasteiger partial charge is 0.115 e. The lowest BCUT2D eigenvalue weighted by atomic mass is 10.7. The van der Waals surface area contributed by atoms with E-state index < -0.39 is 0 Å². The molecule has 0 aliphatic rings. The Morgan fingerprint density at radius 3 is 1.36 bits per heavy atom. The van der Waals surface area contributed by atoms with Gasteiger partial charge in [-0.3, -0.25) is 0 Å². The van der Waals surface area contributed by atoms with Crippen LogP contribution in [-0.2, 0) is 0 Å². The van der Waals surface area contributed by atoms with Gasteiger partial charge >= 0.3 is 0 Å². The second kappa shape index (κ2) is 11.1. The summed E-state index contributed by atoms with van der Waals surface area (Å²) in [5.41, 5.74) is 0. The Kier molecular flexibility index (Phi) is 9.58. The minimum atomic E-state index is 1.50. The molecule has 0 amide bonds. The van der Waals surface area contributed by atoms with Crippen LogP contribution in [0.1, 0.15) is 13.8 Å². The summed E-state index contributed by atoms with van der Waals surface area (Å²) in [6, 6.07) is 3.49. The van der Waals surface area contributed by atoms with Crippen LogP contribution in [0.4, 0.5) is 0 Å². The van der Waals surface area contributed by atoms with Gasteiger partial charge in [0.1, 0.15) is 6.33 Å². The Morgan fingerprint density at radius 2 is 1.21 bits per heavy atom. The summed E-state index contributed by atoms with van der Waals surface area (Å²) in [6.07, 6.45) is 8.03. The molecule has 2 aromatic rings. The van der Waals surface area contributed by atoms with E-state index in [4.69, 9.17) is 0 Å². The summed E-state index contributed by atoms with van der Waals surface area (Å²) in [4.78, 5) is 7.35. The standard InChI is InChI=1S/C4H4N2.C3H3N3.C2H6/c1-2-5-4-6-3-1;1-2-4-6-5-3-1;1-2/h1-4H;1-3H;1-2H3. The summed E-state index contributed by atoms with van der Waals surface area (Å²) in [6.45, 7) is 4.00. The zero-order chi connectivity index (χ0) is 10.5. The Hall–Kier alpha value is -1.91. The molecule has 0 saturated heterocycles. The van der Waals surface area contributed by atoms with Crippen molar-refractivity contribution < 1.29 is 0 Å². The van der Waals surface area contributed by atoms with Gasteiger partial charge < -0.3 is 0 Å². The molecule has 0 aromatic carbocycles. The van der Waals surface area contributed by atoms with Crippen LogP contribution in [0, 0.1) is 0 Å². The lowest BCUT2D eigenvalue weighted by Crippen LogP contribution is -1.78. The SMILES string of the molecule is CC.c1cncnc1.c1cnnnc1. The van der Waals surface area contributed by atoms with Crippen molar-refractivity contribution in [2.45, 2.75) is 13.8 Å². The van der Waals surface area contributed by atoms with Crippen LogP contribution in [0.2, 0.25) is 0 Å². The van der Waals surface area contributed by atoms with Crippen LogP contribution < -0.4 is 0 Å². The zero-order valence-corrected chi connectivity index (χ0v) is 8.28. The Morgan fingerprint density at radius 1 is 0.714 bits per heavy atom. The van der Waals surface area contributed by atoms with Gasteiger partial charge in [-0.25, -0.2) is 9.97 Å². The summed E-state index contributed by atoms with van der Waals surface area (Å²) >= 11 is 0. The maximum atomic E-state index is 3.67. The molecule has 0 atom stereocenters. The fraction of sp³-hybridized carbons (Fsp3) is 0.222. The first kappa shape index (κ1) is 12.1. The first-order chi connectivity index (χ1) is 7.00. The molecule has 2 rings (SSSR count). The number of hydrogen-bond acceptors (Lipinski definition) is 5. The van der Waals surface area contributed by atoms with Crippen LogP contribution in [0.15, 0.2) is 43.2 Å². The number of rotatable bonds is 0. The molecule has 0 radical (unpaired) electrons. The Labute approximate surface area is 83.3 Å². The molecule has 14 heavy (non-hydrogen) atoms. The van der Waals surface area contributed by atoms with E-state index in [9.17, 15) is 0 Å².